The van der Waals surface area contributed by atoms with Gasteiger partial charge in [-0.25, -0.2) is 9.97 Å². The van der Waals surface area contributed by atoms with E-state index in [0.29, 0.717) is 0 Å². The number of halogens is 2. The number of hydrogen-bond donors (Lipinski definition) is 2. The number of nitrogens with zero attached hydrogens (tertiary/aromatic N) is 2. The van der Waals surface area contributed by atoms with Crippen LogP contribution in [0.4, 0.5) is 0 Å². The highest BCUT2D eigenvalue weighted by Crippen LogP contribution is 2.12. The lowest BCUT2D eigenvalue weighted by molar-refractivity contribution is 0.534. The van der Waals surface area contributed by atoms with Crippen LogP contribution in [0.15, 0.2) is 12.4 Å². The van der Waals surface area contributed by atoms with Crippen LogP contribution in [0.3, 0.4) is 0 Å². The Kier molecular flexibility index (Phi) is 5.78. The molecule has 1 aliphatic rings. The zero-order valence-corrected chi connectivity index (χ0v) is 9.15. The Labute approximate surface area is 93.0 Å². The van der Waals surface area contributed by atoms with Crippen LogP contribution < -0.4 is 10.6 Å². The lowest BCUT2D eigenvalue weighted by Crippen LogP contribution is -2.39. The average Bonchev–Trinajstić information content (AvgIpc) is 2.26. The monoisotopic (exact) mass is 234 g/mol. The van der Waals surface area contributed by atoms with Gasteiger partial charge in [0, 0.05) is 38.6 Å². The summed E-state index contributed by atoms with van der Waals surface area (Å²) in [5.41, 5.74) is 0. The molecule has 2 N–H and O–H groups in total. The SMILES string of the molecule is C1CNCCN1.Clc1nccnc1Cl. The molecule has 1 aromatic heterocycles. The third kappa shape index (κ3) is 4.72. The Morgan fingerprint density at radius 1 is 0.857 bits per heavy atom. The van der Waals surface area contributed by atoms with Gasteiger partial charge >= 0.3 is 0 Å². The van der Waals surface area contributed by atoms with Crippen LogP contribution in [0, 0.1) is 0 Å². The quantitative estimate of drug-likeness (QED) is 0.703. The molecule has 1 fully saturated rings. The molecule has 14 heavy (non-hydrogen) atoms. The molecular formula is C8H12Cl2N4. The van der Waals surface area contributed by atoms with Crippen molar-refractivity contribution in [3.8, 4) is 0 Å². The van der Waals surface area contributed by atoms with Gasteiger partial charge in [-0.1, -0.05) is 23.2 Å². The maximum Gasteiger partial charge on any atom is 0.166 e. The molecule has 1 aliphatic heterocycles. The van der Waals surface area contributed by atoms with E-state index in [4.69, 9.17) is 23.2 Å². The summed E-state index contributed by atoms with van der Waals surface area (Å²) in [4.78, 5) is 7.30. The Morgan fingerprint density at radius 3 is 1.43 bits per heavy atom. The lowest BCUT2D eigenvalue weighted by Gasteiger charge is -2.11. The second-order valence-electron chi connectivity index (χ2n) is 2.64. The molecule has 0 atom stereocenters. The number of aromatic nitrogens is 2. The summed E-state index contributed by atoms with van der Waals surface area (Å²) >= 11 is 10.8. The molecule has 1 saturated heterocycles. The van der Waals surface area contributed by atoms with Crippen LogP contribution in [0.2, 0.25) is 10.3 Å². The highest BCUT2D eigenvalue weighted by atomic mass is 35.5. The van der Waals surface area contributed by atoms with Crippen molar-refractivity contribution in [3.63, 3.8) is 0 Å². The standard InChI is InChI=1S/C4H2Cl2N2.C4H10N2/c5-3-4(6)8-2-1-7-3;1-2-6-4-3-5-1/h1-2H;5-6H,1-4H2. The molecule has 0 amide bonds. The van der Waals surface area contributed by atoms with E-state index in [1.807, 2.05) is 0 Å². The van der Waals surface area contributed by atoms with Gasteiger partial charge in [-0.3, -0.25) is 0 Å². The zero-order valence-electron chi connectivity index (χ0n) is 7.63. The van der Waals surface area contributed by atoms with E-state index in [0.717, 1.165) is 26.2 Å². The topological polar surface area (TPSA) is 49.8 Å². The van der Waals surface area contributed by atoms with E-state index in [1.165, 1.54) is 12.4 Å². The minimum Gasteiger partial charge on any atom is -0.314 e. The van der Waals surface area contributed by atoms with Crippen LogP contribution in [0.1, 0.15) is 0 Å². The summed E-state index contributed by atoms with van der Waals surface area (Å²) in [5.74, 6) is 0. The average molecular weight is 235 g/mol. The molecule has 6 heteroatoms. The van der Waals surface area contributed by atoms with Gasteiger partial charge in [-0.2, -0.15) is 0 Å². The first-order chi connectivity index (χ1) is 6.80. The van der Waals surface area contributed by atoms with Gasteiger partial charge < -0.3 is 10.6 Å². The fourth-order valence-electron chi connectivity index (χ4n) is 0.908. The van der Waals surface area contributed by atoms with Crippen LogP contribution >= 0.6 is 23.2 Å². The van der Waals surface area contributed by atoms with Crippen molar-refractivity contribution in [2.75, 3.05) is 26.2 Å². The van der Waals surface area contributed by atoms with Crippen LogP contribution in [0.5, 0.6) is 0 Å². The van der Waals surface area contributed by atoms with Gasteiger partial charge in [0.1, 0.15) is 0 Å². The maximum absolute atomic E-state index is 5.40. The molecule has 0 unspecified atom stereocenters. The summed E-state index contributed by atoms with van der Waals surface area (Å²) in [6.45, 7) is 4.56. The molecule has 0 bridgehead atoms. The molecular weight excluding hydrogens is 223 g/mol. The molecule has 2 heterocycles. The smallest absolute Gasteiger partial charge is 0.166 e. The van der Waals surface area contributed by atoms with Crippen molar-refractivity contribution < 1.29 is 0 Å². The fraction of sp³-hybridized carbons (Fsp3) is 0.500. The van der Waals surface area contributed by atoms with Gasteiger partial charge in [0.05, 0.1) is 0 Å². The van der Waals surface area contributed by atoms with E-state index >= 15 is 0 Å². The van der Waals surface area contributed by atoms with Crippen molar-refractivity contribution in [1.29, 1.82) is 0 Å². The number of piperazine rings is 1. The van der Waals surface area contributed by atoms with E-state index < -0.39 is 0 Å². The normalized spacial score (nSPS) is 15.6. The van der Waals surface area contributed by atoms with Gasteiger partial charge in [0.15, 0.2) is 10.3 Å². The largest absolute Gasteiger partial charge is 0.314 e. The molecule has 0 aliphatic carbocycles. The summed E-state index contributed by atoms with van der Waals surface area (Å²) in [6.07, 6.45) is 2.96. The lowest BCUT2D eigenvalue weighted by atomic mass is 10.4. The summed E-state index contributed by atoms with van der Waals surface area (Å²) in [6, 6.07) is 0. The van der Waals surface area contributed by atoms with Crippen molar-refractivity contribution in [2.24, 2.45) is 0 Å². The molecule has 1 aromatic rings. The first-order valence-electron chi connectivity index (χ1n) is 4.34. The van der Waals surface area contributed by atoms with Crippen molar-refractivity contribution in [3.05, 3.63) is 22.7 Å². The predicted octanol–water partition coefficient (Wildman–Crippen LogP) is 0.963. The van der Waals surface area contributed by atoms with E-state index in [-0.39, 0.29) is 10.3 Å². The number of rotatable bonds is 0. The second kappa shape index (κ2) is 6.95. The third-order valence-electron chi connectivity index (χ3n) is 1.57. The Morgan fingerprint density at radius 2 is 1.21 bits per heavy atom. The van der Waals surface area contributed by atoms with Crippen molar-refractivity contribution in [2.45, 2.75) is 0 Å². The molecule has 0 radical (unpaired) electrons. The van der Waals surface area contributed by atoms with Crippen LogP contribution in [-0.4, -0.2) is 36.1 Å². The zero-order chi connectivity index (χ0) is 10.2. The van der Waals surface area contributed by atoms with Gasteiger partial charge in [-0.05, 0) is 0 Å². The van der Waals surface area contributed by atoms with Gasteiger partial charge in [-0.15, -0.1) is 0 Å². The summed E-state index contributed by atoms with van der Waals surface area (Å²) in [7, 11) is 0. The predicted molar refractivity (Wildman–Crippen MR) is 57.8 cm³/mol. The highest BCUT2D eigenvalue weighted by molar-refractivity contribution is 6.40. The second-order valence-corrected chi connectivity index (χ2v) is 3.35. The molecule has 2 rings (SSSR count). The van der Waals surface area contributed by atoms with Gasteiger partial charge in [0.25, 0.3) is 0 Å². The maximum atomic E-state index is 5.40. The molecule has 4 nitrogen and oxygen atoms in total. The van der Waals surface area contributed by atoms with Crippen LogP contribution in [0.25, 0.3) is 0 Å². The van der Waals surface area contributed by atoms with Crippen molar-refractivity contribution >= 4 is 23.2 Å². The first-order valence-corrected chi connectivity index (χ1v) is 5.10. The Bertz CT molecular complexity index is 233. The minimum atomic E-state index is 0.245. The summed E-state index contributed by atoms with van der Waals surface area (Å²) in [5, 5.41) is 6.93. The van der Waals surface area contributed by atoms with E-state index in [9.17, 15) is 0 Å². The molecule has 78 valence electrons. The van der Waals surface area contributed by atoms with E-state index in [1.54, 1.807) is 0 Å². The molecule has 0 aromatic carbocycles. The highest BCUT2D eigenvalue weighted by Gasteiger charge is 1.93. The minimum absolute atomic E-state index is 0.245. The molecule has 0 saturated carbocycles. The van der Waals surface area contributed by atoms with Crippen molar-refractivity contribution in [1.82, 2.24) is 20.6 Å². The summed E-state index contributed by atoms with van der Waals surface area (Å²) < 4.78 is 0. The number of hydrogen-bond acceptors (Lipinski definition) is 4. The van der Waals surface area contributed by atoms with Gasteiger partial charge in [0.2, 0.25) is 0 Å². The third-order valence-corrected chi connectivity index (χ3v) is 2.22. The van der Waals surface area contributed by atoms with Crippen LogP contribution in [-0.2, 0) is 0 Å². The number of nitrogens with one attached hydrogen (secondary N) is 2. The van der Waals surface area contributed by atoms with E-state index in [2.05, 4.69) is 20.6 Å². The first kappa shape index (κ1) is 11.7. The Balaban J connectivity index is 0.000000146. The Hall–Kier alpha value is -0.420. The molecule has 0 spiro atoms. The fourth-order valence-corrected chi connectivity index (χ4v) is 1.12.